The van der Waals surface area contributed by atoms with Crippen LogP contribution in [0.3, 0.4) is 0 Å². The van der Waals surface area contributed by atoms with Crippen LogP contribution < -0.4 is 10.5 Å². The van der Waals surface area contributed by atoms with Crippen LogP contribution in [-0.4, -0.2) is 17.6 Å². The number of hydrogen-bond acceptors (Lipinski definition) is 3. The van der Waals surface area contributed by atoms with Crippen molar-refractivity contribution in [3.8, 4) is 5.75 Å². The second-order valence-electron chi connectivity index (χ2n) is 3.89. The van der Waals surface area contributed by atoms with Crippen LogP contribution in [-0.2, 0) is 6.42 Å². The molecule has 0 aromatic carbocycles. The van der Waals surface area contributed by atoms with Gasteiger partial charge in [0.05, 0.1) is 12.8 Å². The molecule has 0 saturated heterocycles. The largest absolute Gasteiger partial charge is 0.492 e. The van der Waals surface area contributed by atoms with Crippen molar-refractivity contribution in [3.63, 3.8) is 0 Å². The summed E-state index contributed by atoms with van der Waals surface area (Å²) in [4.78, 5) is 4.15. The molecule has 3 heteroatoms. The second-order valence-corrected chi connectivity index (χ2v) is 3.89. The van der Waals surface area contributed by atoms with Crippen molar-refractivity contribution < 1.29 is 4.74 Å². The molecule has 1 rings (SSSR count). The normalized spacial score (nSPS) is 12.5. The lowest BCUT2D eigenvalue weighted by Gasteiger charge is -2.07. The highest BCUT2D eigenvalue weighted by atomic mass is 16.5. The Morgan fingerprint density at radius 3 is 2.93 bits per heavy atom. The van der Waals surface area contributed by atoms with Crippen LogP contribution in [0.5, 0.6) is 5.75 Å². The maximum absolute atomic E-state index is 5.71. The van der Waals surface area contributed by atoms with Crippen LogP contribution in [0.2, 0.25) is 0 Å². The van der Waals surface area contributed by atoms with Crippen LogP contribution in [0.4, 0.5) is 0 Å². The maximum atomic E-state index is 5.71. The summed E-state index contributed by atoms with van der Waals surface area (Å²) in [5.41, 5.74) is 6.90. The molecule has 2 N–H and O–H groups in total. The van der Waals surface area contributed by atoms with Crippen molar-refractivity contribution in [2.45, 2.75) is 39.2 Å². The van der Waals surface area contributed by atoms with Crippen LogP contribution in [0.15, 0.2) is 18.5 Å². The highest BCUT2D eigenvalue weighted by molar-refractivity contribution is 5.23. The minimum atomic E-state index is 0.241. The van der Waals surface area contributed by atoms with Gasteiger partial charge in [-0.3, -0.25) is 4.98 Å². The molecule has 1 heterocycles. The second kappa shape index (κ2) is 6.40. The average molecular weight is 208 g/mol. The lowest BCUT2D eigenvalue weighted by Crippen LogP contribution is -2.15. The zero-order valence-electron chi connectivity index (χ0n) is 9.57. The van der Waals surface area contributed by atoms with Crippen molar-refractivity contribution in [1.82, 2.24) is 4.98 Å². The smallest absolute Gasteiger partial charge is 0.137 e. The first kappa shape index (κ1) is 12.0. The van der Waals surface area contributed by atoms with Crippen molar-refractivity contribution in [2.75, 3.05) is 6.61 Å². The number of ether oxygens (including phenoxy) is 1. The van der Waals surface area contributed by atoms with E-state index in [2.05, 4.69) is 11.9 Å². The Bertz CT molecular complexity index is 287. The van der Waals surface area contributed by atoms with Gasteiger partial charge in [-0.15, -0.1) is 0 Å². The zero-order valence-corrected chi connectivity index (χ0v) is 9.57. The first-order valence-electron chi connectivity index (χ1n) is 5.54. The molecule has 1 aromatic rings. The van der Waals surface area contributed by atoms with Crippen LogP contribution in [0.25, 0.3) is 0 Å². The summed E-state index contributed by atoms with van der Waals surface area (Å²) in [5.74, 6) is 0.860. The zero-order chi connectivity index (χ0) is 11.1. The van der Waals surface area contributed by atoms with E-state index in [-0.39, 0.29) is 6.04 Å². The van der Waals surface area contributed by atoms with Crippen LogP contribution in [0, 0.1) is 0 Å². The Morgan fingerprint density at radius 2 is 2.27 bits per heavy atom. The Hall–Kier alpha value is -1.09. The summed E-state index contributed by atoms with van der Waals surface area (Å²) in [6.07, 6.45) is 6.60. The number of aromatic nitrogens is 1. The number of nitrogens with zero attached hydrogens (tertiary/aromatic N) is 1. The molecule has 0 aliphatic carbocycles. The van der Waals surface area contributed by atoms with Gasteiger partial charge in [0.2, 0.25) is 0 Å². The van der Waals surface area contributed by atoms with E-state index in [4.69, 9.17) is 10.5 Å². The van der Waals surface area contributed by atoms with Gasteiger partial charge in [0.25, 0.3) is 0 Å². The fraction of sp³-hybridized carbons (Fsp3) is 0.583. The Labute approximate surface area is 91.7 Å². The lowest BCUT2D eigenvalue weighted by atomic mass is 10.1. The summed E-state index contributed by atoms with van der Waals surface area (Å²) in [6.45, 7) is 4.86. The summed E-state index contributed by atoms with van der Waals surface area (Å²) < 4.78 is 5.51. The number of nitrogens with two attached hydrogens (primary N) is 1. The molecule has 0 aliphatic heterocycles. The highest BCUT2D eigenvalue weighted by Gasteiger charge is 2.00. The number of aryl methyl sites for hydroxylation is 1. The molecule has 0 radical (unpaired) electrons. The maximum Gasteiger partial charge on any atom is 0.137 e. The Balaban J connectivity index is 2.50. The van der Waals surface area contributed by atoms with Crippen molar-refractivity contribution in [2.24, 2.45) is 5.73 Å². The quantitative estimate of drug-likeness (QED) is 0.779. The Kier molecular flexibility index (Phi) is 5.12. The van der Waals surface area contributed by atoms with Crippen molar-refractivity contribution in [1.29, 1.82) is 0 Å². The molecular formula is C12H20N2O. The molecule has 0 saturated carbocycles. The summed E-state index contributed by atoms with van der Waals surface area (Å²) in [7, 11) is 0. The van der Waals surface area contributed by atoms with Crippen molar-refractivity contribution >= 4 is 0 Å². The van der Waals surface area contributed by atoms with Gasteiger partial charge in [0.1, 0.15) is 5.75 Å². The molecule has 3 nitrogen and oxygen atoms in total. The lowest BCUT2D eigenvalue weighted by molar-refractivity contribution is 0.316. The first-order chi connectivity index (χ1) is 7.22. The van der Waals surface area contributed by atoms with Gasteiger partial charge in [-0.2, -0.15) is 0 Å². The van der Waals surface area contributed by atoms with E-state index in [0.29, 0.717) is 0 Å². The summed E-state index contributed by atoms with van der Waals surface area (Å²) in [6, 6.07) is 2.29. The van der Waals surface area contributed by atoms with E-state index in [1.165, 1.54) is 5.56 Å². The Morgan fingerprint density at radius 1 is 1.47 bits per heavy atom. The van der Waals surface area contributed by atoms with E-state index >= 15 is 0 Å². The molecule has 0 bridgehead atoms. The third-order valence-electron chi connectivity index (χ3n) is 2.13. The van der Waals surface area contributed by atoms with Crippen molar-refractivity contribution in [3.05, 3.63) is 24.0 Å². The van der Waals surface area contributed by atoms with Gasteiger partial charge >= 0.3 is 0 Å². The third-order valence-corrected chi connectivity index (χ3v) is 2.13. The molecule has 0 spiro atoms. The topological polar surface area (TPSA) is 48.1 Å². The van der Waals surface area contributed by atoms with E-state index in [9.17, 15) is 0 Å². The van der Waals surface area contributed by atoms with Gasteiger partial charge in [0, 0.05) is 12.2 Å². The molecule has 0 aliphatic rings. The monoisotopic (exact) mass is 208 g/mol. The molecule has 0 fully saturated rings. The van der Waals surface area contributed by atoms with E-state index in [0.717, 1.165) is 31.6 Å². The molecule has 1 aromatic heterocycles. The van der Waals surface area contributed by atoms with E-state index in [1.807, 2.05) is 19.2 Å². The molecule has 15 heavy (non-hydrogen) atoms. The molecule has 0 amide bonds. The third kappa shape index (κ3) is 4.79. The van der Waals surface area contributed by atoms with Gasteiger partial charge in [-0.05, 0) is 37.8 Å². The van der Waals surface area contributed by atoms with Crippen LogP contribution in [0.1, 0.15) is 32.3 Å². The van der Waals surface area contributed by atoms with E-state index in [1.54, 1.807) is 6.20 Å². The van der Waals surface area contributed by atoms with Crippen LogP contribution >= 0.6 is 0 Å². The predicted molar refractivity (Wildman–Crippen MR) is 62.0 cm³/mol. The highest BCUT2D eigenvalue weighted by Crippen LogP contribution is 2.13. The van der Waals surface area contributed by atoms with Gasteiger partial charge < -0.3 is 10.5 Å². The fourth-order valence-electron chi connectivity index (χ4n) is 1.29. The summed E-state index contributed by atoms with van der Waals surface area (Å²) >= 11 is 0. The predicted octanol–water partition coefficient (Wildman–Crippen LogP) is 2.15. The molecule has 84 valence electrons. The SMILES string of the molecule is CCCOc1cncc(CCC(C)N)c1. The molecule has 1 unspecified atom stereocenters. The minimum Gasteiger partial charge on any atom is -0.492 e. The fourth-order valence-corrected chi connectivity index (χ4v) is 1.29. The average Bonchev–Trinajstić information content (AvgIpc) is 2.24. The molecular weight excluding hydrogens is 188 g/mol. The number of rotatable bonds is 6. The van der Waals surface area contributed by atoms with Gasteiger partial charge in [-0.1, -0.05) is 6.92 Å². The van der Waals surface area contributed by atoms with Gasteiger partial charge in [0.15, 0.2) is 0 Å². The van der Waals surface area contributed by atoms with E-state index < -0.39 is 0 Å². The first-order valence-corrected chi connectivity index (χ1v) is 5.54. The summed E-state index contributed by atoms with van der Waals surface area (Å²) in [5, 5.41) is 0. The molecule has 1 atom stereocenters. The number of hydrogen-bond donors (Lipinski definition) is 1. The standard InChI is InChI=1S/C12H20N2O/c1-3-6-15-12-7-11(8-14-9-12)5-4-10(2)13/h7-10H,3-6,13H2,1-2H3. The number of pyridine rings is 1. The minimum absolute atomic E-state index is 0.241. The van der Waals surface area contributed by atoms with Gasteiger partial charge in [-0.25, -0.2) is 0 Å².